The van der Waals surface area contributed by atoms with Gasteiger partial charge in [-0.1, -0.05) is 0 Å². The lowest BCUT2D eigenvalue weighted by molar-refractivity contribution is -0.129. The minimum atomic E-state index is -4.53. The van der Waals surface area contributed by atoms with Crippen molar-refractivity contribution in [3.05, 3.63) is 18.2 Å². The molecule has 0 heterocycles. The highest BCUT2D eigenvalue weighted by Gasteiger charge is 2.31. The molecule has 0 radical (unpaired) electrons. The Morgan fingerprint density at radius 2 is 1.95 bits per heavy atom. The van der Waals surface area contributed by atoms with Crippen LogP contribution in [0.15, 0.2) is 23.1 Å². The summed E-state index contributed by atoms with van der Waals surface area (Å²) >= 11 is 0. The first-order valence-electron chi connectivity index (χ1n) is 5.47. The van der Waals surface area contributed by atoms with E-state index in [4.69, 9.17) is 10.5 Å². The van der Waals surface area contributed by atoms with Crippen LogP contribution in [0.5, 0.6) is 5.75 Å². The van der Waals surface area contributed by atoms with Gasteiger partial charge in [-0.3, -0.25) is 0 Å². The minimum absolute atomic E-state index is 0.0920. The molecular formula is C11H14F3NO3S. The van der Waals surface area contributed by atoms with E-state index >= 15 is 0 Å². The maximum absolute atomic E-state index is 12.1. The predicted molar refractivity (Wildman–Crippen MR) is 64.7 cm³/mol. The Hall–Kier alpha value is -1.44. The molecular weight excluding hydrogens is 283 g/mol. The second-order valence-electron chi connectivity index (χ2n) is 3.82. The van der Waals surface area contributed by atoms with Crippen molar-refractivity contribution in [2.24, 2.45) is 0 Å². The SMILES string of the molecule is CCOc1ccc(N)c(S(=O)(=O)CCC(F)(F)F)c1. The van der Waals surface area contributed by atoms with Crippen LogP contribution in [-0.4, -0.2) is 27.0 Å². The Morgan fingerprint density at radius 1 is 1.32 bits per heavy atom. The van der Waals surface area contributed by atoms with Crippen LogP contribution >= 0.6 is 0 Å². The molecule has 4 nitrogen and oxygen atoms in total. The van der Waals surface area contributed by atoms with Crippen molar-refractivity contribution >= 4 is 15.5 Å². The number of alkyl halides is 3. The van der Waals surface area contributed by atoms with Crippen molar-refractivity contribution in [3.8, 4) is 5.75 Å². The van der Waals surface area contributed by atoms with Crippen molar-refractivity contribution in [2.45, 2.75) is 24.4 Å². The van der Waals surface area contributed by atoms with Gasteiger partial charge in [0.1, 0.15) is 5.75 Å². The van der Waals surface area contributed by atoms with Crippen LogP contribution in [0.4, 0.5) is 18.9 Å². The second-order valence-corrected chi connectivity index (χ2v) is 5.89. The van der Waals surface area contributed by atoms with Crippen molar-refractivity contribution in [1.82, 2.24) is 0 Å². The minimum Gasteiger partial charge on any atom is -0.494 e. The number of benzene rings is 1. The summed E-state index contributed by atoms with van der Waals surface area (Å²) in [5, 5.41) is 0. The summed E-state index contributed by atoms with van der Waals surface area (Å²) in [6.45, 7) is 2.01. The molecule has 0 fully saturated rings. The van der Waals surface area contributed by atoms with E-state index in [0.717, 1.165) is 6.07 Å². The molecule has 0 spiro atoms. The smallest absolute Gasteiger partial charge is 0.390 e. The Kier molecular flexibility index (Phi) is 4.67. The molecule has 1 rings (SSSR count). The van der Waals surface area contributed by atoms with Crippen LogP contribution in [0.3, 0.4) is 0 Å². The van der Waals surface area contributed by atoms with Gasteiger partial charge in [0, 0.05) is 6.07 Å². The van der Waals surface area contributed by atoms with E-state index in [1.807, 2.05) is 0 Å². The highest BCUT2D eigenvalue weighted by molar-refractivity contribution is 7.91. The molecule has 0 atom stereocenters. The van der Waals surface area contributed by atoms with E-state index in [0.29, 0.717) is 6.61 Å². The maximum atomic E-state index is 12.1. The highest BCUT2D eigenvalue weighted by atomic mass is 32.2. The van der Waals surface area contributed by atoms with Gasteiger partial charge in [-0.05, 0) is 19.1 Å². The van der Waals surface area contributed by atoms with Crippen molar-refractivity contribution in [3.63, 3.8) is 0 Å². The quantitative estimate of drug-likeness (QED) is 0.847. The molecule has 0 aliphatic heterocycles. The molecule has 0 amide bonds. The van der Waals surface area contributed by atoms with Gasteiger partial charge < -0.3 is 10.5 Å². The van der Waals surface area contributed by atoms with Gasteiger partial charge in [-0.2, -0.15) is 13.2 Å². The summed E-state index contributed by atoms with van der Waals surface area (Å²) in [5.74, 6) is -0.779. The van der Waals surface area contributed by atoms with Crippen molar-refractivity contribution in [2.75, 3.05) is 18.1 Å². The number of hydrogen-bond acceptors (Lipinski definition) is 4. The number of ether oxygens (including phenoxy) is 1. The molecule has 2 N–H and O–H groups in total. The molecule has 19 heavy (non-hydrogen) atoms. The molecule has 1 aromatic rings. The van der Waals surface area contributed by atoms with Gasteiger partial charge in [-0.25, -0.2) is 8.42 Å². The molecule has 1 aromatic carbocycles. The number of nitrogen functional groups attached to an aromatic ring is 1. The van der Waals surface area contributed by atoms with Crippen LogP contribution in [-0.2, 0) is 9.84 Å². The number of rotatable bonds is 5. The highest BCUT2D eigenvalue weighted by Crippen LogP contribution is 2.28. The Balaban J connectivity index is 3.03. The third-order valence-corrected chi connectivity index (χ3v) is 4.05. The van der Waals surface area contributed by atoms with E-state index in [2.05, 4.69) is 0 Å². The first kappa shape index (κ1) is 15.6. The molecule has 0 aromatic heterocycles. The summed E-state index contributed by atoms with van der Waals surface area (Å²) in [4.78, 5) is -0.331. The second kappa shape index (κ2) is 5.68. The average molecular weight is 297 g/mol. The van der Waals surface area contributed by atoms with Crippen LogP contribution in [0.25, 0.3) is 0 Å². The summed E-state index contributed by atoms with van der Waals surface area (Å²) < 4.78 is 65.0. The maximum Gasteiger partial charge on any atom is 0.390 e. The Morgan fingerprint density at radius 3 is 2.47 bits per heavy atom. The Labute approximate surface area is 109 Å². The van der Waals surface area contributed by atoms with Gasteiger partial charge in [-0.15, -0.1) is 0 Å². The fourth-order valence-electron chi connectivity index (χ4n) is 1.40. The zero-order valence-corrected chi connectivity index (χ0v) is 11.0. The van der Waals surface area contributed by atoms with Gasteiger partial charge in [0.25, 0.3) is 0 Å². The molecule has 8 heteroatoms. The lowest BCUT2D eigenvalue weighted by Crippen LogP contribution is -2.17. The van der Waals surface area contributed by atoms with E-state index in [1.165, 1.54) is 12.1 Å². The number of halogens is 3. The molecule has 0 saturated heterocycles. The van der Waals surface area contributed by atoms with Crippen LogP contribution in [0.2, 0.25) is 0 Å². The summed E-state index contributed by atoms with van der Waals surface area (Å²) in [7, 11) is -4.09. The van der Waals surface area contributed by atoms with Crippen LogP contribution < -0.4 is 10.5 Å². The third-order valence-electron chi connectivity index (χ3n) is 2.29. The van der Waals surface area contributed by atoms with E-state index in [9.17, 15) is 21.6 Å². The van der Waals surface area contributed by atoms with E-state index in [1.54, 1.807) is 6.92 Å². The molecule has 0 aliphatic carbocycles. The van der Waals surface area contributed by atoms with Gasteiger partial charge >= 0.3 is 6.18 Å². The fraction of sp³-hybridized carbons (Fsp3) is 0.455. The average Bonchev–Trinajstić information content (AvgIpc) is 2.29. The largest absolute Gasteiger partial charge is 0.494 e. The predicted octanol–water partition coefficient (Wildman–Crippen LogP) is 2.39. The standard InChI is InChI=1S/C11H14F3NO3S/c1-2-18-8-3-4-9(15)10(7-8)19(16,17)6-5-11(12,13)14/h3-4,7H,2,5-6,15H2,1H3. The first-order chi connectivity index (χ1) is 8.65. The number of hydrogen-bond donors (Lipinski definition) is 1. The summed E-state index contributed by atoms with van der Waals surface area (Å²) in [6.07, 6.45) is -5.94. The molecule has 0 aliphatic rings. The van der Waals surface area contributed by atoms with Crippen LogP contribution in [0, 0.1) is 0 Å². The summed E-state index contributed by atoms with van der Waals surface area (Å²) in [5.41, 5.74) is 5.40. The molecule has 108 valence electrons. The Bertz CT molecular complexity index is 541. The van der Waals surface area contributed by atoms with Crippen molar-refractivity contribution < 1.29 is 26.3 Å². The van der Waals surface area contributed by atoms with E-state index < -0.39 is 28.2 Å². The normalized spacial score (nSPS) is 12.4. The number of nitrogens with two attached hydrogens (primary N) is 1. The lowest BCUT2D eigenvalue weighted by atomic mass is 10.3. The third kappa shape index (κ3) is 4.62. The fourth-order valence-corrected chi connectivity index (χ4v) is 2.84. The summed E-state index contributed by atoms with van der Waals surface area (Å²) in [6, 6.07) is 3.90. The van der Waals surface area contributed by atoms with Crippen LogP contribution in [0.1, 0.15) is 13.3 Å². The molecule has 0 saturated carbocycles. The van der Waals surface area contributed by atoms with E-state index in [-0.39, 0.29) is 16.3 Å². The number of sulfone groups is 1. The van der Waals surface area contributed by atoms with Crippen molar-refractivity contribution in [1.29, 1.82) is 0 Å². The van der Waals surface area contributed by atoms with Gasteiger partial charge in [0.15, 0.2) is 9.84 Å². The molecule has 0 bridgehead atoms. The monoisotopic (exact) mass is 297 g/mol. The lowest BCUT2D eigenvalue weighted by Gasteiger charge is -2.11. The molecule has 0 unspecified atom stereocenters. The number of anilines is 1. The first-order valence-corrected chi connectivity index (χ1v) is 7.13. The topological polar surface area (TPSA) is 69.4 Å². The zero-order valence-electron chi connectivity index (χ0n) is 10.2. The zero-order chi connectivity index (χ0) is 14.7. The van der Waals surface area contributed by atoms with Gasteiger partial charge in [0.2, 0.25) is 0 Å². The van der Waals surface area contributed by atoms with Gasteiger partial charge in [0.05, 0.1) is 29.4 Å².